The van der Waals surface area contributed by atoms with Crippen LogP contribution in [0.25, 0.3) is 0 Å². The molecule has 1 aliphatic heterocycles. The van der Waals surface area contributed by atoms with E-state index in [0.29, 0.717) is 0 Å². The Morgan fingerprint density at radius 3 is 2.32 bits per heavy atom. The highest BCUT2D eigenvalue weighted by molar-refractivity contribution is 4.90. The molecule has 2 N–H and O–H groups in total. The largest absolute Gasteiger partial charge is 0.329 e. The summed E-state index contributed by atoms with van der Waals surface area (Å²) in [5, 5.41) is 0. The predicted octanol–water partition coefficient (Wildman–Crippen LogP) is 2.56. The van der Waals surface area contributed by atoms with Gasteiger partial charge < -0.3 is 10.6 Å². The van der Waals surface area contributed by atoms with Gasteiger partial charge >= 0.3 is 0 Å². The van der Waals surface area contributed by atoms with Crippen LogP contribution < -0.4 is 5.73 Å². The Kier molecular flexibility index (Phi) is 7.33. The first-order chi connectivity index (χ1) is 9.01. The van der Waals surface area contributed by atoms with E-state index < -0.39 is 0 Å². The maximum absolute atomic E-state index is 6.09. The summed E-state index contributed by atoms with van der Waals surface area (Å²) in [6.07, 6.45) is 7.89. The summed E-state index contributed by atoms with van der Waals surface area (Å²) in [5.74, 6) is 0.879. The molecule has 1 heterocycles. The third-order valence-corrected chi connectivity index (χ3v) is 4.76. The van der Waals surface area contributed by atoms with Gasteiger partial charge in [-0.2, -0.15) is 0 Å². The summed E-state index contributed by atoms with van der Waals surface area (Å²) < 4.78 is 0. The number of hydrogen-bond acceptors (Lipinski definition) is 3. The number of rotatable bonds is 8. The lowest BCUT2D eigenvalue weighted by Crippen LogP contribution is -2.54. The Morgan fingerprint density at radius 1 is 1.21 bits per heavy atom. The Labute approximate surface area is 120 Å². The van der Waals surface area contributed by atoms with E-state index >= 15 is 0 Å². The predicted molar refractivity (Wildman–Crippen MR) is 84.5 cm³/mol. The minimum atomic E-state index is 0.234. The summed E-state index contributed by atoms with van der Waals surface area (Å²) in [6, 6.07) is 0. The second-order valence-corrected chi connectivity index (χ2v) is 6.85. The number of nitrogens with two attached hydrogens (primary N) is 1. The van der Waals surface area contributed by atoms with Gasteiger partial charge in [0, 0.05) is 18.6 Å². The molecule has 19 heavy (non-hydrogen) atoms. The fourth-order valence-electron chi connectivity index (χ4n) is 3.32. The molecule has 1 atom stereocenters. The van der Waals surface area contributed by atoms with E-state index in [2.05, 4.69) is 37.7 Å². The van der Waals surface area contributed by atoms with E-state index in [1.165, 1.54) is 58.2 Å². The van der Waals surface area contributed by atoms with Gasteiger partial charge in [0.15, 0.2) is 0 Å². The molecule has 0 bridgehead atoms. The topological polar surface area (TPSA) is 32.5 Å². The zero-order chi connectivity index (χ0) is 14.3. The second kappa shape index (κ2) is 8.23. The maximum Gasteiger partial charge on any atom is 0.0303 e. The van der Waals surface area contributed by atoms with Gasteiger partial charge in [0.2, 0.25) is 0 Å². The molecule has 1 unspecified atom stereocenters. The molecule has 114 valence electrons. The van der Waals surface area contributed by atoms with Crippen molar-refractivity contribution < 1.29 is 0 Å². The van der Waals surface area contributed by atoms with Gasteiger partial charge in [-0.3, -0.25) is 4.90 Å². The number of likely N-dealkylation sites (tertiary alicyclic amines) is 1. The molecule has 0 aromatic carbocycles. The molecule has 0 radical (unpaired) electrons. The average Bonchev–Trinajstić information content (AvgIpc) is 2.39. The Morgan fingerprint density at radius 2 is 1.84 bits per heavy atom. The van der Waals surface area contributed by atoms with Gasteiger partial charge in [-0.1, -0.05) is 26.2 Å². The molecule has 0 aromatic rings. The standard InChI is InChI=1S/C16H35N3/c1-5-6-7-10-16(2,14-17)19-11-8-15(9-12-19)13-18(3)4/h15H,5-14,17H2,1-4H3. The summed E-state index contributed by atoms with van der Waals surface area (Å²) >= 11 is 0. The molecule has 3 heteroatoms. The van der Waals surface area contributed by atoms with Crippen LogP contribution in [0.2, 0.25) is 0 Å². The van der Waals surface area contributed by atoms with Gasteiger partial charge in [-0.15, -0.1) is 0 Å². The van der Waals surface area contributed by atoms with Gasteiger partial charge in [0.05, 0.1) is 0 Å². The van der Waals surface area contributed by atoms with E-state index in [1.807, 2.05) is 0 Å². The minimum absolute atomic E-state index is 0.234. The molecular weight excluding hydrogens is 234 g/mol. The van der Waals surface area contributed by atoms with Gasteiger partial charge in [0.25, 0.3) is 0 Å². The second-order valence-electron chi connectivity index (χ2n) is 6.85. The SMILES string of the molecule is CCCCCC(C)(CN)N1CCC(CN(C)C)CC1. The molecule has 0 aliphatic carbocycles. The van der Waals surface area contributed by atoms with Crippen LogP contribution in [0.1, 0.15) is 52.4 Å². The zero-order valence-electron chi connectivity index (χ0n) is 13.6. The summed E-state index contributed by atoms with van der Waals surface area (Å²) in [5.41, 5.74) is 6.32. The van der Waals surface area contributed by atoms with Crippen LogP contribution >= 0.6 is 0 Å². The zero-order valence-corrected chi connectivity index (χ0v) is 13.6. The minimum Gasteiger partial charge on any atom is -0.329 e. The molecule has 1 fully saturated rings. The summed E-state index contributed by atoms with van der Waals surface area (Å²) in [6.45, 7) is 9.15. The van der Waals surface area contributed by atoms with E-state index in [0.717, 1.165) is 12.5 Å². The molecule has 0 spiro atoms. The Hall–Kier alpha value is -0.120. The van der Waals surface area contributed by atoms with Gasteiger partial charge in [-0.25, -0.2) is 0 Å². The van der Waals surface area contributed by atoms with E-state index in [4.69, 9.17) is 5.73 Å². The Bertz CT molecular complexity index is 234. The highest BCUT2D eigenvalue weighted by atomic mass is 15.2. The molecule has 0 amide bonds. The van der Waals surface area contributed by atoms with E-state index in [9.17, 15) is 0 Å². The average molecular weight is 269 g/mol. The molecule has 1 saturated heterocycles. The monoisotopic (exact) mass is 269 g/mol. The lowest BCUT2D eigenvalue weighted by molar-refractivity contribution is 0.0539. The van der Waals surface area contributed by atoms with Crippen molar-refractivity contribution in [1.29, 1.82) is 0 Å². The normalized spacial score (nSPS) is 21.8. The van der Waals surface area contributed by atoms with Crippen molar-refractivity contribution >= 4 is 0 Å². The number of nitrogens with zero attached hydrogens (tertiary/aromatic N) is 2. The van der Waals surface area contributed by atoms with Crippen molar-refractivity contribution in [3.05, 3.63) is 0 Å². The smallest absolute Gasteiger partial charge is 0.0303 e. The number of unbranched alkanes of at least 4 members (excludes halogenated alkanes) is 2. The van der Waals surface area contributed by atoms with Crippen LogP contribution in [0.5, 0.6) is 0 Å². The number of hydrogen-bond donors (Lipinski definition) is 1. The summed E-state index contributed by atoms with van der Waals surface area (Å²) in [7, 11) is 4.36. The molecule has 0 saturated carbocycles. The first-order valence-electron chi connectivity index (χ1n) is 8.11. The fraction of sp³-hybridized carbons (Fsp3) is 1.00. The first-order valence-corrected chi connectivity index (χ1v) is 8.11. The van der Waals surface area contributed by atoms with Crippen molar-refractivity contribution in [2.24, 2.45) is 11.7 Å². The van der Waals surface area contributed by atoms with E-state index in [-0.39, 0.29) is 5.54 Å². The first kappa shape index (κ1) is 16.9. The lowest BCUT2D eigenvalue weighted by atomic mass is 9.87. The molecule has 1 rings (SSSR count). The molecule has 1 aliphatic rings. The third-order valence-electron chi connectivity index (χ3n) is 4.76. The Balaban J connectivity index is 2.41. The fourth-order valence-corrected chi connectivity index (χ4v) is 3.32. The van der Waals surface area contributed by atoms with Crippen molar-refractivity contribution in [3.63, 3.8) is 0 Å². The summed E-state index contributed by atoms with van der Waals surface area (Å²) in [4.78, 5) is 4.98. The lowest BCUT2D eigenvalue weighted by Gasteiger charge is -2.45. The van der Waals surface area contributed by atoms with Crippen LogP contribution in [-0.2, 0) is 0 Å². The van der Waals surface area contributed by atoms with Crippen molar-refractivity contribution in [2.75, 3.05) is 40.3 Å². The van der Waals surface area contributed by atoms with Gasteiger partial charge in [0.1, 0.15) is 0 Å². The molecule has 0 aromatic heterocycles. The van der Waals surface area contributed by atoms with Crippen LogP contribution in [0, 0.1) is 5.92 Å². The number of piperidine rings is 1. The molecule has 3 nitrogen and oxygen atoms in total. The highest BCUT2D eigenvalue weighted by Gasteiger charge is 2.32. The van der Waals surface area contributed by atoms with Crippen molar-refractivity contribution in [3.8, 4) is 0 Å². The third kappa shape index (κ3) is 5.41. The molecular formula is C16H35N3. The van der Waals surface area contributed by atoms with Crippen molar-refractivity contribution in [2.45, 2.75) is 57.9 Å². The van der Waals surface area contributed by atoms with Crippen LogP contribution in [0.15, 0.2) is 0 Å². The van der Waals surface area contributed by atoms with Crippen LogP contribution in [0.4, 0.5) is 0 Å². The highest BCUT2D eigenvalue weighted by Crippen LogP contribution is 2.28. The maximum atomic E-state index is 6.09. The van der Waals surface area contributed by atoms with E-state index in [1.54, 1.807) is 0 Å². The quantitative estimate of drug-likeness (QED) is 0.687. The van der Waals surface area contributed by atoms with Crippen LogP contribution in [0.3, 0.4) is 0 Å². The van der Waals surface area contributed by atoms with Gasteiger partial charge in [-0.05, 0) is 59.3 Å². The van der Waals surface area contributed by atoms with Crippen LogP contribution in [-0.4, -0.2) is 55.6 Å². The van der Waals surface area contributed by atoms with Crippen molar-refractivity contribution in [1.82, 2.24) is 9.80 Å².